The number of alkyl halides is 6. The molecule has 4 aromatic rings. The Morgan fingerprint density at radius 3 is 2.07 bits per heavy atom. The number of halogens is 6. The summed E-state index contributed by atoms with van der Waals surface area (Å²) < 4.78 is 80.8. The number of benzene rings is 2. The van der Waals surface area contributed by atoms with Crippen molar-refractivity contribution in [3.05, 3.63) is 124 Å². The van der Waals surface area contributed by atoms with Crippen LogP contribution in [0.2, 0.25) is 0 Å². The summed E-state index contributed by atoms with van der Waals surface area (Å²) in [4.78, 5) is 47.8. The van der Waals surface area contributed by atoms with Crippen LogP contribution in [0.5, 0.6) is 0 Å². The maximum Gasteiger partial charge on any atom is 0.418 e. The van der Waals surface area contributed by atoms with Gasteiger partial charge in [0.1, 0.15) is 5.82 Å². The van der Waals surface area contributed by atoms with E-state index in [0.29, 0.717) is 12.1 Å². The van der Waals surface area contributed by atoms with Gasteiger partial charge in [0.15, 0.2) is 0 Å². The minimum Gasteiger partial charge on any atom is -0.340 e. The molecule has 5 rings (SSSR count). The summed E-state index contributed by atoms with van der Waals surface area (Å²) in [5.74, 6) is -2.35. The molecule has 1 unspecified atom stereocenters. The Balaban J connectivity index is 1.52. The van der Waals surface area contributed by atoms with Crippen molar-refractivity contribution in [2.24, 2.45) is 0 Å². The smallest absolute Gasteiger partial charge is 0.340 e. The molecule has 2 aromatic heterocycles. The molecule has 13 heteroatoms. The molecule has 2 aromatic carbocycles. The Kier molecular flexibility index (Phi) is 6.81. The highest BCUT2D eigenvalue weighted by Gasteiger charge is 2.39. The van der Waals surface area contributed by atoms with Gasteiger partial charge in [0.2, 0.25) is 0 Å². The van der Waals surface area contributed by atoms with E-state index in [2.05, 4.69) is 15.3 Å². The lowest BCUT2D eigenvalue weighted by molar-refractivity contribution is -0.139. The summed E-state index contributed by atoms with van der Waals surface area (Å²) >= 11 is 0. The molecule has 208 valence electrons. The van der Waals surface area contributed by atoms with Crippen LogP contribution in [0.1, 0.15) is 59.5 Å². The number of carbonyl (C=O) groups excluding carboxylic acids is 3. The van der Waals surface area contributed by atoms with Crippen molar-refractivity contribution in [3.8, 4) is 0 Å². The molecule has 0 fully saturated rings. The lowest BCUT2D eigenvalue weighted by Gasteiger charge is -2.23. The minimum absolute atomic E-state index is 0.0134. The molecule has 1 aliphatic rings. The van der Waals surface area contributed by atoms with Gasteiger partial charge in [0.25, 0.3) is 17.7 Å². The number of rotatable bonds is 5. The summed E-state index contributed by atoms with van der Waals surface area (Å²) in [6.07, 6.45) is -7.16. The van der Waals surface area contributed by atoms with Crippen molar-refractivity contribution >= 4 is 23.5 Å². The molecule has 1 aliphatic heterocycles. The molecule has 7 nitrogen and oxygen atoms in total. The van der Waals surface area contributed by atoms with Gasteiger partial charge in [0.05, 0.1) is 34.0 Å². The lowest BCUT2D eigenvalue weighted by Crippen LogP contribution is -2.32. The number of nitrogens with zero attached hydrogens (tertiary/aromatic N) is 3. The number of imide groups is 1. The fourth-order valence-corrected chi connectivity index (χ4v) is 4.35. The van der Waals surface area contributed by atoms with Gasteiger partial charge in [-0.25, -0.2) is 9.88 Å². The zero-order valence-electron chi connectivity index (χ0n) is 20.5. The van der Waals surface area contributed by atoms with E-state index in [-0.39, 0.29) is 28.1 Å². The molecule has 0 bridgehead atoms. The third-order valence-corrected chi connectivity index (χ3v) is 6.29. The van der Waals surface area contributed by atoms with E-state index in [1.165, 1.54) is 24.4 Å². The first-order valence-corrected chi connectivity index (χ1v) is 11.8. The molecular formula is C28H16F6N4O3. The van der Waals surface area contributed by atoms with Crippen LogP contribution in [0, 0.1) is 0 Å². The number of fused-ring (bicyclic) bond motifs is 1. The molecule has 0 aliphatic carbocycles. The van der Waals surface area contributed by atoms with E-state index in [4.69, 9.17) is 0 Å². The maximum absolute atomic E-state index is 13.8. The molecule has 1 N–H and O–H groups in total. The van der Waals surface area contributed by atoms with Crippen molar-refractivity contribution in [1.29, 1.82) is 0 Å². The number of nitrogens with one attached hydrogen (secondary N) is 1. The Labute approximate surface area is 227 Å². The predicted molar refractivity (Wildman–Crippen MR) is 132 cm³/mol. The van der Waals surface area contributed by atoms with E-state index in [0.717, 1.165) is 41.4 Å². The third kappa shape index (κ3) is 5.25. The topological polar surface area (TPSA) is 92.3 Å². The van der Waals surface area contributed by atoms with Gasteiger partial charge in [-0.1, -0.05) is 18.2 Å². The largest absolute Gasteiger partial charge is 0.418 e. The highest BCUT2D eigenvalue weighted by Crippen LogP contribution is 2.37. The number of anilines is 1. The highest BCUT2D eigenvalue weighted by atomic mass is 19.4. The van der Waals surface area contributed by atoms with Crippen molar-refractivity contribution < 1.29 is 40.7 Å². The van der Waals surface area contributed by atoms with E-state index in [1.807, 2.05) is 0 Å². The second-order valence-corrected chi connectivity index (χ2v) is 8.85. The van der Waals surface area contributed by atoms with Gasteiger partial charge in [0, 0.05) is 18.0 Å². The van der Waals surface area contributed by atoms with Gasteiger partial charge in [-0.05, 0) is 60.2 Å². The predicted octanol–water partition coefficient (Wildman–Crippen LogP) is 5.83. The van der Waals surface area contributed by atoms with Gasteiger partial charge < -0.3 is 5.32 Å². The van der Waals surface area contributed by atoms with E-state index in [9.17, 15) is 40.7 Å². The van der Waals surface area contributed by atoms with Gasteiger partial charge in [-0.2, -0.15) is 26.3 Å². The fraction of sp³-hybridized carbons (Fsp3) is 0.107. The normalized spacial score (nSPS) is 14.1. The molecular weight excluding hydrogens is 554 g/mol. The Morgan fingerprint density at radius 2 is 1.44 bits per heavy atom. The van der Waals surface area contributed by atoms with Crippen molar-refractivity contribution in [2.45, 2.75) is 18.4 Å². The summed E-state index contributed by atoms with van der Waals surface area (Å²) in [5.41, 5.74) is -3.33. The van der Waals surface area contributed by atoms with E-state index in [1.54, 1.807) is 12.1 Å². The van der Waals surface area contributed by atoms with Gasteiger partial charge in [-0.3, -0.25) is 19.4 Å². The second kappa shape index (κ2) is 10.2. The van der Waals surface area contributed by atoms with Crippen molar-refractivity contribution in [2.75, 3.05) is 4.90 Å². The Morgan fingerprint density at radius 1 is 0.756 bits per heavy atom. The van der Waals surface area contributed by atoms with Crippen molar-refractivity contribution in [3.63, 3.8) is 0 Å². The first-order valence-electron chi connectivity index (χ1n) is 11.8. The van der Waals surface area contributed by atoms with Crippen LogP contribution in [0.25, 0.3) is 0 Å². The lowest BCUT2D eigenvalue weighted by atomic mass is 9.97. The molecule has 0 saturated carbocycles. The highest BCUT2D eigenvalue weighted by molar-refractivity contribution is 6.34. The zero-order valence-corrected chi connectivity index (χ0v) is 20.5. The average Bonchev–Trinajstić information content (AvgIpc) is 3.20. The number of hydrogen-bond donors (Lipinski definition) is 1. The zero-order chi connectivity index (χ0) is 29.5. The Hall–Kier alpha value is -5.07. The van der Waals surface area contributed by atoms with Crippen LogP contribution in [-0.4, -0.2) is 27.7 Å². The molecule has 0 spiro atoms. The van der Waals surface area contributed by atoms with Crippen molar-refractivity contribution in [1.82, 2.24) is 15.3 Å². The number of pyridine rings is 2. The van der Waals surface area contributed by atoms with E-state index >= 15 is 0 Å². The van der Waals surface area contributed by atoms with Crippen LogP contribution in [0.4, 0.5) is 32.2 Å². The SMILES string of the molecule is O=C(NC(c1ccc(C(F)(F)F)cc1)c1ncccc1C(F)(F)F)c1ccc2c(c1)C(=O)N(c1ccccn1)C2=O. The fourth-order valence-electron chi connectivity index (χ4n) is 4.35. The van der Waals surface area contributed by atoms with Crippen LogP contribution < -0.4 is 10.2 Å². The first kappa shape index (κ1) is 27.5. The Bertz CT molecular complexity index is 1650. The summed E-state index contributed by atoms with van der Waals surface area (Å²) in [6.45, 7) is 0. The molecule has 3 heterocycles. The van der Waals surface area contributed by atoms with Crippen LogP contribution in [-0.2, 0) is 12.4 Å². The summed E-state index contributed by atoms with van der Waals surface area (Å²) in [7, 11) is 0. The van der Waals surface area contributed by atoms with E-state index < -0.39 is 52.9 Å². The minimum atomic E-state index is -4.90. The number of hydrogen-bond acceptors (Lipinski definition) is 5. The molecule has 0 radical (unpaired) electrons. The average molecular weight is 570 g/mol. The maximum atomic E-state index is 13.8. The number of aromatic nitrogens is 2. The second-order valence-electron chi connectivity index (χ2n) is 8.85. The summed E-state index contributed by atoms with van der Waals surface area (Å²) in [6, 6.07) is 11.5. The molecule has 0 saturated heterocycles. The van der Waals surface area contributed by atoms with Crippen LogP contribution in [0.3, 0.4) is 0 Å². The first-order chi connectivity index (χ1) is 19.4. The molecule has 1 atom stereocenters. The molecule has 3 amide bonds. The number of amides is 3. The van der Waals surface area contributed by atoms with Crippen LogP contribution >= 0.6 is 0 Å². The monoisotopic (exact) mass is 570 g/mol. The standard InChI is InChI=1S/C28H16F6N4O3/c29-27(30,31)17-9-6-15(7-10-17)22(23-20(28(32,33)34)4-3-13-36-23)37-24(39)16-8-11-18-19(14-16)26(41)38(25(18)40)21-5-1-2-12-35-21/h1-14,22H,(H,37,39). The van der Waals surface area contributed by atoms with Gasteiger partial charge >= 0.3 is 12.4 Å². The summed E-state index contributed by atoms with van der Waals surface area (Å²) in [5, 5.41) is 2.39. The van der Waals surface area contributed by atoms with Gasteiger partial charge in [-0.15, -0.1) is 0 Å². The molecule has 41 heavy (non-hydrogen) atoms. The quantitative estimate of drug-likeness (QED) is 0.241. The number of carbonyl (C=O) groups is 3. The third-order valence-electron chi connectivity index (χ3n) is 6.29. The van der Waals surface area contributed by atoms with Crippen LogP contribution in [0.15, 0.2) is 85.2 Å².